The van der Waals surface area contributed by atoms with Crippen LogP contribution in [0, 0.1) is 11.8 Å². The van der Waals surface area contributed by atoms with Crippen molar-refractivity contribution in [1.82, 2.24) is 4.90 Å². The van der Waals surface area contributed by atoms with Crippen LogP contribution in [-0.2, 0) is 4.74 Å². The molecule has 0 amide bonds. The number of nitrogens with zero attached hydrogens (tertiary/aromatic N) is 1. The first-order valence-corrected chi connectivity index (χ1v) is 13.6. The SMILES string of the molecule is CC[C@H](C(C)C)N1C(C)CC[C@@H]2C[C@@H](OC(c3ccc(Cl)cc3)c3ccc(Cl)cc3)CCC21. The molecule has 2 aromatic carbocycles. The summed E-state index contributed by atoms with van der Waals surface area (Å²) in [7, 11) is 0. The lowest BCUT2D eigenvalue weighted by Crippen LogP contribution is -2.58. The second kappa shape index (κ2) is 11.1. The number of halogens is 2. The first-order valence-electron chi connectivity index (χ1n) is 12.8. The van der Waals surface area contributed by atoms with Gasteiger partial charge >= 0.3 is 0 Å². The minimum atomic E-state index is -0.0984. The maximum atomic E-state index is 6.88. The quantitative estimate of drug-likeness (QED) is 0.387. The third-order valence-corrected chi connectivity index (χ3v) is 8.49. The highest BCUT2D eigenvalue weighted by atomic mass is 35.5. The molecule has 0 radical (unpaired) electrons. The molecule has 4 heteroatoms. The van der Waals surface area contributed by atoms with Gasteiger partial charge in [0.25, 0.3) is 0 Å². The Bertz CT molecular complexity index is 836. The molecule has 5 atom stereocenters. The van der Waals surface area contributed by atoms with Gasteiger partial charge in [-0.15, -0.1) is 0 Å². The topological polar surface area (TPSA) is 12.5 Å². The summed E-state index contributed by atoms with van der Waals surface area (Å²) in [6, 6.07) is 18.2. The van der Waals surface area contributed by atoms with Crippen LogP contribution in [0.15, 0.2) is 48.5 Å². The zero-order valence-electron chi connectivity index (χ0n) is 20.5. The van der Waals surface area contributed by atoms with Crippen LogP contribution in [0.4, 0.5) is 0 Å². The minimum absolute atomic E-state index is 0.0984. The van der Waals surface area contributed by atoms with Crippen molar-refractivity contribution in [3.63, 3.8) is 0 Å². The summed E-state index contributed by atoms with van der Waals surface area (Å²) in [6.07, 6.45) is 7.54. The lowest BCUT2D eigenvalue weighted by Gasteiger charge is -2.53. The van der Waals surface area contributed by atoms with E-state index in [0.717, 1.165) is 39.9 Å². The molecule has 2 aliphatic rings. The van der Waals surface area contributed by atoms with Gasteiger partial charge in [0.1, 0.15) is 6.10 Å². The van der Waals surface area contributed by atoms with E-state index >= 15 is 0 Å². The smallest absolute Gasteiger partial charge is 0.108 e. The van der Waals surface area contributed by atoms with Crippen molar-refractivity contribution in [2.75, 3.05) is 0 Å². The predicted molar refractivity (Wildman–Crippen MR) is 140 cm³/mol. The third-order valence-electron chi connectivity index (χ3n) is 7.99. The van der Waals surface area contributed by atoms with E-state index in [2.05, 4.69) is 56.9 Å². The van der Waals surface area contributed by atoms with Crippen LogP contribution < -0.4 is 0 Å². The lowest BCUT2D eigenvalue weighted by atomic mass is 9.73. The number of hydrogen-bond acceptors (Lipinski definition) is 2. The van der Waals surface area contributed by atoms with Crippen molar-refractivity contribution in [3.8, 4) is 0 Å². The minimum Gasteiger partial charge on any atom is -0.366 e. The van der Waals surface area contributed by atoms with Crippen LogP contribution in [0.1, 0.15) is 83.5 Å². The molecular formula is C29H39Cl2NO. The average Bonchev–Trinajstić information content (AvgIpc) is 2.80. The molecule has 2 fully saturated rings. The van der Waals surface area contributed by atoms with Gasteiger partial charge in [-0.2, -0.15) is 0 Å². The van der Waals surface area contributed by atoms with Crippen LogP contribution in [0.25, 0.3) is 0 Å². The Morgan fingerprint density at radius 1 is 0.879 bits per heavy atom. The number of fused-ring (bicyclic) bond motifs is 1. The third kappa shape index (κ3) is 5.78. The first-order chi connectivity index (χ1) is 15.9. The van der Waals surface area contributed by atoms with Crippen molar-refractivity contribution in [2.45, 2.75) is 96.6 Å². The Labute approximate surface area is 210 Å². The number of likely N-dealkylation sites (tertiary alicyclic amines) is 1. The van der Waals surface area contributed by atoms with E-state index in [9.17, 15) is 0 Å². The number of rotatable bonds is 7. The number of piperidine rings is 1. The molecular weight excluding hydrogens is 449 g/mol. The Kier molecular flexibility index (Phi) is 8.44. The molecule has 1 saturated heterocycles. The summed E-state index contributed by atoms with van der Waals surface area (Å²) in [5.74, 6) is 1.42. The van der Waals surface area contributed by atoms with Crippen molar-refractivity contribution >= 4 is 23.2 Å². The van der Waals surface area contributed by atoms with Crippen molar-refractivity contribution in [2.24, 2.45) is 11.8 Å². The van der Waals surface area contributed by atoms with Crippen LogP contribution >= 0.6 is 23.2 Å². The Hall–Kier alpha value is -1.06. The van der Waals surface area contributed by atoms with Gasteiger partial charge in [0.05, 0.1) is 6.10 Å². The molecule has 180 valence electrons. The van der Waals surface area contributed by atoms with E-state index in [-0.39, 0.29) is 12.2 Å². The first kappa shape index (κ1) is 25.0. The summed E-state index contributed by atoms with van der Waals surface area (Å²) in [5, 5.41) is 1.50. The molecule has 4 rings (SSSR count). The number of benzene rings is 2. The zero-order chi connectivity index (χ0) is 23.5. The monoisotopic (exact) mass is 487 g/mol. The molecule has 0 N–H and O–H groups in total. The summed E-state index contributed by atoms with van der Waals surface area (Å²) in [4.78, 5) is 2.89. The van der Waals surface area contributed by atoms with E-state index in [1.54, 1.807) is 0 Å². The summed E-state index contributed by atoms with van der Waals surface area (Å²) < 4.78 is 6.88. The highest BCUT2D eigenvalue weighted by Crippen LogP contribution is 2.43. The van der Waals surface area contributed by atoms with Gasteiger partial charge in [0, 0.05) is 28.2 Å². The molecule has 2 unspecified atom stereocenters. The number of hydrogen-bond donors (Lipinski definition) is 0. The standard InChI is InChI=1S/C29H39Cl2NO/c1-5-27(19(2)3)32-20(4)6-7-23-18-26(16-17-28(23)32)33-29(21-8-12-24(30)13-9-21)22-10-14-25(31)15-11-22/h8-15,19-20,23,26-29H,5-7,16-18H2,1-4H3/t20?,23-,26+,27-,28?/m1/s1. The van der Waals surface area contributed by atoms with E-state index in [0.29, 0.717) is 24.0 Å². The number of ether oxygens (including phenoxy) is 1. The second-order valence-corrected chi connectivity index (χ2v) is 11.3. The van der Waals surface area contributed by atoms with Gasteiger partial charge in [-0.3, -0.25) is 4.90 Å². The molecule has 1 aliphatic heterocycles. The van der Waals surface area contributed by atoms with E-state index in [1.165, 1.54) is 25.7 Å². The van der Waals surface area contributed by atoms with Crippen LogP contribution in [0.5, 0.6) is 0 Å². The fraction of sp³-hybridized carbons (Fsp3) is 0.586. The predicted octanol–water partition coefficient (Wildman–Crippen LogP) is 8.56. The second-order valence-electron chi connectivity index (χ2n) is 10.5. The molecule has 2 aromatic rings. The largest absolute Gasteiger partial charge is 0.366 e. The van der Waals surface area contributed by atoms with Gasteiger partial charge in [-0.1, -0.05) is 68.2 Å². The average molecular weight is 489 g/mol. The molecule has 2 nitrogen and oxygen atoms in total. The van der Waals surface area contributed by atoms with E-state index in [4.69, 9.17) is 27.9 Å². The van der Waals surface area contributed by atoms with Crippen molar-refractivity contribution < 1.29 is 4.74 Å². The Morgan fingerprint density at radius 3 is 1.97 bits per heavy atom. The van der Waals surface area contributed by atoms with Gasteiger partial charge in [0.2, 0.25) is 0 Å². The maximum Gasteiger partial charge on any atom is 0.108 e. The van der Waals surface area contributed by atoms with Crippen molar-refractivity contribution in [1.29, 1.82) is 0 Å². The zero-order valence-corrected chi connectivity index (χ0v) is 22.0. The van der Waals surface area contributed by atoms with Gasteiger partial charge in [-0.05, 0) is 92.7 Å². The fourth-order valence-corrected chi connectivity index (χ4v) is 6.63. The fourth-order valence-electron chi connectivity index (χ4n) is 6.38. The lowest BCUT2D eigenvalue weighted by molar-refractivity contribution is -0.0832. The molecule has 0 spiro atoms. The maximum absolute atomic E-state index is 6.88. The molecule has 1 saturated carbocycles. The van der Waals surface area contributed by atoms with Gasteiger partial charge < -0.3 is 4.74 Å². The van der Waals surface area contributed by atoms with Crippen molar-refractivity contribution in [3.05, 3.63) is 69.7 Å². The molecule has 0 bridgehead atoms. The molecule has 1 heterocycles. The molecule has 1 aliphatic carbocycles. The Balaban J connectivity index is 1.52. The summed E-state index contributed by atoms with van der Waals surface area (Å²) >= 11 is 12.3. The normalized spacial score (nSPS) is 27.0. The van der Waals surface area contributed by atoms with Crippen LogP contribution in [0.2, 0.25) is 10.0 Å². The highest BCUT2D eigenvalue weighted by Gasteiger charge is 2.43. The van der Waals surface area contributed by atoms with Gasteiger partial charge in [0.15, 0.2) is 0 Å². The molecule has 0 aromatic heterocycles. The highest BCUT2D eigenvalue weighted by molar-refractivity contribution is 6.30. The summed E-state index contributed by atoms with van der Waals surface area (Å²) in [5.41, 5.74) is 2.29. The Morgan fingerprint density at radius 2 is 1.45 bits per heavy atom. The molecule has 33 heavy (non-hydrogen) atoms. The van der Waals surface area contributed by atoms with Crippen LogP contribution in [0.3, 0.4) is 0 Å². The van der Waals surface area contributed by atoms with Crippen LogP contribution in [-0.4, -0.2) is 29.1 Å². The van der Waals surface area contributed by atoms with Gasteiger partial charge in [-0.25, -0.2) is 0 Å². The summed E-state index contributed by atoms with van der Waals surface area (Å²) in [6.45, 7) is 9.59. The van der Waals surface area contributed by atoms with E-state index in [1.807, 2.05) is 24.3 Å². The van der Waals surface area contributed by atoms with E-state index < -0.39 is 0 Å².